The van der Waals surface area contributed by atoms with Crippen molar-refractivity contribution in [2.75, 3.05) is 0 Å². The molecule has 0 spiro atoms. The van der Waals surface area contributed by atoms with E-state index in [0.29, 0.717) is 13.0 Å². The summed E-state index contributed by atoms with van der Waals surface area (Å²) >= 11 is 1.50. The summed E-state index contributed by atoms with van der Waals surface area (Å²) in [6, 6.07) is 0. The van der Waals surface area contributed by atoms with Gasteiger partial charge in [0.05, 0.1) is 18.5 Å². The van der Waals surface area contributed by atoms with Gasteiger partial charge in [-0.2, -0.15) is 0 Å². The third-order valence-corrected chi connectivity index (χ3v) is 4.45. The number of hydrogen-bond donors (Lipinski definition) is 2. The average Bonchev–Trinajstić information content (AvgIpc) is 2.97. The van der Waals surface area contributed by atoms with Crippen LogP contribution in [0.15, 0.2) is 11.7 Å². The number of nitrogens with zero attached hydrogens (tertiary/aromatic N) is 1. The van der Waals surface area contributed by atoms with Crippen LogP contribution in [0.25, 0.3) is 0 Å². The van der Waals surface area contributed by atoms with E-state index >= 15 is 0 Å². The molecule has 5 nitrogen and oxygen atoms in total. The summed E-state index contributed by atoms with van der Waals surface area (Å²) in [5.74, 6) is -0.867. The first-order valence-corrected chi connectivity index (χ1v) is 7.33. The molecule has 0 unspecified atom stereocenters. The number of carboxylic acid groups (broad SMARTS) is 1. The van der Waals surface area contributed by atoms with Crippen LogP contribution in [0.4, 0.5) is 0 Å². The molecule has 0 saturated heterocycles. The highest BCUT2D eigenvalue weighted by atomic mass is 32.1. The molecular formula is C13H18N2O3S. The second-order valence-corrected chi connectivity index (χ2v) is 6.17. The standard InChI is InChI=1S/C13H18N2O3S/c16-11(15-8-10-7-14-9-19-10)5-13(6-12(17)18)3-1-2-4-13/h7,9H,1-6,8H2,(H,15,16)(H,17,18). The topological polar surface area (TPSA) is 79.3 Å². The molecule has 1 saturated carbocycles. The lowest BCUT2D eigenvalue weighted by atomic mass is 9.79. The molecule has 1 amide bonds. The molecule has 1 fully saturated rings. The molecular weight excluding hydrogens is 264 g/mol. The molecule has 1 heterocycles. The summed E-state index contributed by atoms with van der Waals surface area (Å²) in [6.07, 6.45) is 5.87. The molecule has 104 valence electrons. The molecule has 1 aromatic heterocycles. The Morgan fingerprint density at radius 1 is 1.37 bits per heavy atom. The van der Waals surface area contributed by atoms with Gasteiger partial charge in [0, 0.05) is 17.5 Å². The smallest absolute Gasteiger partial charge is 0.303 e. The van der Waals surface area contributed by atoms with E-state index in [0.717, 1.165) is 30.6 Å². The Kier molecular flexibility index (Phi) is 4.52. The quantitative estimate of drug-likeness (QED) is 0.838. The molecule has 0 aliphatic heterocycles. The number of rotatable bonds is 6. The van der Waals surface area contributed by atoms with Gasteiger partial charge in [-0.1, -0.05) is 12.8 Å². The minimum Gasteiger partial charge on any atom is -0.481 e. The molecule has 1 aliphatic carbocycles. The van der Waals surface area contributed by atoms with Gasteiger partial charge in [-0.25, -0.2) is 0 Å². The van der Waals surface area contributed by atoms with Gasteiger partial charge in [0.15, 0.2) is 0 Å². The van der Waals surface area contributed by atoms with Crippen LogP contribution in [-0.4, -0.2) is 22.0 Å². The van der Waals surface area contributed by atoms with E-state index in [1.165, 1.54) is 11.3 Å². The zero-order valence-corrected chi connectivity index (χ0v) is 11.5. The summed E-state index contributed by atoms with van der Waals surface area (Å²) in [4.78, 5) is 27.9. The maximum absolute atomic E-state index is 12.0. The van der Waals surface area contributed by atoms with E-state index in [1.807, 2.05) is 0 Å². The predicted octanol–water partition coefficient (Wildman–Crippen LogP) is 2.18. The third kappa shape index (κ3) is 4.02. The molecule has 1 aliphatic rings. The molecule has 2 rings (SSSR count). The Hall–Kier alpha value is -1.43. The van der Waals surface area contributed by atoms with Gasteiger partial charge in [0.2, 0.25) is 5.91 Å². The van der Waals surface area contributed by atoms with Crippen molar-refractivity contribution >= 4 is 23.2 Å². The molecule has 0 aromatic carbocycles. The van der Waals surface area contributed by atoms with E-state index in [2.05, 4.69) is 10.3 Å². The van der Waals surface area contributed by atoms with Gasteiger partial charge < -0.3 is 10.4 Å². The lowest BCUT2D eigenvalue weighted by Gasteiger charge is -2.26. The summed E-state index contributed by atoms with van der Waals surface area (Å²) in [5.41, 5.74) is 1.40. The van der Waals surface area contributed by atoms with Crippen LogP contribution in [0.5, 0.6) is 0 Å². The van der Waals surface area contributed by atoms with Gasteiger partial charge in [0.25, 0.3) is 0 Å². The first-order chi connectivity index (χ1) is 9.10. The summed E-state index contributed by atoms with van der Waals surface area (Å²) in [7, 11) is 0. The number of carboxylic acids is 1. The third-order valence-electron chi connectivity index (χ3n) is 3.67. The predicted molar refractivity (Wildman–Crippen MR) is 71.7 cm³/mol. The van der Waals surface area contributed by atoms with Crippen molar-refractivity contribution in [3.8, 4) is 0 Å². The van der Waals surface area contributed by atoms with Crippen LogP contribution in [0.1, 0.15) is 43.4 Å². The minimum atomic E-state index is -0.808. The highest BCUT2D eigenvalue weighted by molar-refractivity contribution is 7.09. The highest BCUT2D eigenvalue weighted by Crippen LogP contribution is 2.43. The zero-order valence-electron chi connectivity index (χ0n) is 10.7. The fraction of sp³-hybridized carbons (Fsp3) is 0.615. The van der Waals surface area contributed by atoms with Crippen LogP contribution in [0, 0.1) is 5.41 Å². The van der Waals surface area contributed by atoms with Gasteiger partial charge in [-0.3, -0.25) is 14.6 Å². The van der Waals surface area contributed by atoms with Crippen molar-refractivity contribution in [2.24, 2.45) is 5.41 Å². The minimum absolute atomic E-state index is 0.0587. The summed E-state index contributed by atoms with van der Waals surface area (Å²) in [6.45, 7) is 0.479. The van der Waals surface area contributed by atoms with Crippen molar-refractivity contribution in [3.63, 3.8) is 0 Å². The number of aromatic nitrogens is 1. The van der Waals surface area contributed by atoms with Crippen molar-refractivity contribution in [3.05, 3.63) is 16.6 Å². The Morgan fingerprint density at radius 3 is 2.68 bits per heavy atom. The average molecular weight is 282 g/mol. The number of thiazole rings is 1. The Labute approximate surface area is 116 Å². The number of nitrogens with one attached hydrogen (secondary N) is 1. The Bertz CT molecular complexity index is 439. The fourth-order valence-electron chi connectivity index (χ4n) is 2.78. The summed E-state index contributed by atoms with van der Waals surface area (Å²) in [5, 5.41) is 11.8. The van der Waals surface area contributed by atoms with Crippen LogP contribution in [-0.2, 0) is 16.1 Å². The lowest BCUT2D eigenvalue weighted by Crippen LogP contribution is -2.31. The molecule has 6 heteroatoms. The Morgan fingerprint density at radius 2 is 2.11 bits per heavy atom. The number of hydrogen-bond acceptors (Lipinski definition) is 4. The summed E-state index contributed by atoms with van der Waals surface area (Å²) < 4.78 is 0. The Balaban J connectivity index is 1.86. The second-order valence-electron chi connectivity index (χ2n) is 5.20. The van der Waals surface area contributed by atoms with Crippen LogP contribution < -0.4 is 5.32 Å². The first-order valence-electron chi connectivity index (χ1n) is 6.46. The number of carbonyl (C=O) groups excluding carboxylic acids is 1. The normalized spacial score (nSPS) is 17.3. The van der Waals surface area contributed by atoms with E-state index in [1.54, 1.807) is 11.7 Å². The number of aliphatic carboxylic acids is 1. The van der Waals surface area contributed by atoms with Gasteiger partial charge in [-0.05, 0) is 18.3 Å². The maximum Gasteiger partial charge on any atom is 0.303 e. The largest absolute Gasteiger partial charge is 0.481 e. The maximum atomic E-state index is 12.0. The molecule has 0 radical (unpaired) electrons. The van der Waals surface area contributed by atoms with E-state index in [9.17, 15) is 9.59 Å². The molecule has 0 bridgehead atoms. The number of amides is 1. The molecule has 0 atom stereocenters. The van der Waals surface area contributed by atoms with Crippen LogP contribution >= 0.6 is 11.3 Å². The first kappa shape index (κ1) is 14.0. The second kappa shape index (κ2) is 6.14. The SMILES string of the molecule is O=C(O)CC1(CC(=O)NCc2cncs2)CCCC1. The van der Waals surface area contributed by atoms with Crippen LogP contribution in [0.3, 0.4) is 0 Å². The van der Waals surface area contributed by atoms with E-state index in [4.69, 9.17) is 5.11 Å². The van der Waals surface area contributed by atoms with Gasteiger partial charge in [-0.15, -0.1) is 11.3 Å². The fourth-order valence-corrected chi connectivity index (χ4v) is 3.31. The van der Waals surface area contributed by atoms with Crippen molar-refractivity contribution in [1.29, 1.82) is 0 Å². The van der Waals surface area contributed by atoms with Gasteiger partial charge in [0.1, 0.15) is 0 Å². The van der Waals surface area contributed by atoms with E-state index in [-0.39, 0.29) is 17.7 Å². The van der Waals surface area contributed by atoms with Gasteiger partial charge >= 0.3 is 5.97 Å². The zero-order chi connectivity index (χ0) is 13.7. The van der Waals surface area contributed by atoms with Crippen molar-refractivity contribution in [2.45, 2.75) is 45.1 Å². The lowest BCUT2D eigenvalue weighted by molar-refractivity contribution is -0.140. The molecule has 2 N–H and O–H groups in total. The van der Waals surface area contributed by atoms with Crippen LogP contribution in [0.2, 0.25) is 0 Å². The number of carbonyl (C=O) groups is 2. The van der Waals surface area contributed by atoms with Crippen molar-refractivity contribution in [1.82, 2.24) is 10.3 Å². The highest BCUT2D eigenvalue weighted by Gasteiger charge is 2.37. The molecule has 1 aromatic rings. The van der Waals surface area contributed by atoms with E-state index < -0.39 is 5.97 Å². The monoisotopic (exact) mass is 282 g/mol. The molecule has 19 heavy (non-hydrogen) atoms. The van der Waals surface area contributed by atoms with Crippen molar-refractivity contribution < 1.29 is 14.7 Å².